The predicted octanol–water partition coefficient (Wildman–Crippen LogP) is 3.19. The lowest BCUT2D eigenvalue weighted by Gasteiger charge is -2.26. The number of ether oxygens (including phenoxy) is 2. The molecular weight excluding hydrogens is 200 g/mol. The summed E-state index contributed by atoms with van der Waals surface area (Å²) in [4.78, 5) is 0. The fraction of sp³-hybridized carbons (Fsp3) is 0.571. The summed E-state index contributed by atoms with van der Waals surface area (Å²) < 4.78 is 11.5. The van der Waals surface area contributed by atoms with E-state index in [9.17, 15) is 0 Å². The molecule has 1 aliphatic heterocycles. The maximum atomic E-state index is 5.90. The quantitative estimate of drug-likeness (QED) is 0.776. The molecule has 1 fully saturated rings. The molecule has 0 spiro atoms. The van der Waals surface area contributed by atoms with E-state index >= 15 is 0 Å². The third kappa shape index (κ3) is 2.45. The lowest BCUT2D eigenvalue weighted by molar-refractivity contribution is -0.00909. The normalized spacial score (nSPS) is 26.9. The Morgan fingerprint density at radius 1 is 1.38 bits per heavy atom. The molecule has 0 aliphatic carbocycles. The van der Waals surface area contributed by atoms with Crippen molar-refractivity contribution >= 4 is 0 Å². The van der Waals surface area contributed by atoms with E-state index in [-0.39, 0.29) is 6.10 Å². The summed E-state index contributed by atoms with van der Waals surface area (Å²) in [7, 11) is 0. The Balaban J connectivity index is 2.16. The van der Waals surface area contributed by atoms with Crippen LogP contribution in [0, 0.1) is 5.92 Å². The van der Waals surface area contributed by atoms with Crippen LogP contribution in [0.15, 0.2) is 30.3 Å². The highest BCUT2D eigenvalue weighted by molar-refractivity contribution is 5.19. The SMILES string of the molecule is CCO[C@@H](c1ccccc1)[C@@H]1CCO[C@@H]1C. The second-order valence-corrected chi connectivity index (χ2v) is 4.32. The molecule has 0 N–H and O–H groups in total. The third-order valence-electron chi connectivity index (χ3n) is 3.30. The van der Waals surface area contributed by atoms with Crippen molar-refractivity contribution < 1.29 is 9.47 Å². The Hall–Kier alpha value is -0.860. The van der Waals surface area contributed by atoms with Crippen LogP contribution in [0.3, 0.4) is 0 Å². The molecule has 1 heterocycles. The molecule has 0 aromatic heterocycles. The summed E-state index contributed by atoms with van der Waals surface area (Å²) >= 11 is 0. The van der Waals surface area contributed by atoms with Gasteiger partial charge >= 0.3 is 0 Å². The van der Waals surface area contributed by atoms with Crippen molar-refractivity contribution in [3.8, 4) is 0 Å². The van der Waals surface area contributed by atoms with Gasteiger partial charge in [0.25, 0.3) is 0 Å². The predicted molar refractivity (Wildman–Crippen MR) is 64.3 cm³/mol. The van der Waals surface area contributed by atoms with Crippen LogP contribution in [0.1, 0.15) is 31.9 Å². The zero-order chi connectivity index (χ0) is 11.4. The van der Waals surface area contributed by atoms with E-state index in [4.69, 9.17) is 9.47 Å². The lowest BCUT2D eigenvalue weighted by Crippen LogP contribution is -2.22. The molecular formula is C14H20O2. The van der Waals surface area contributed by atoms with Gasteiger partial charge in [0.1, 0.15) is 0 Å². The monoisotopic (exact) mass is 220 g/mol. The number of benzene rings is 1. The molecule has 1 aromatic rings. The molecule has 3 atom stereocenters. The molecule has 2 nitrogen and oxygen atoms in total. The first-order valence-electron chi connectivity index (χ1n) is 6.11. The summed E-state index contributed by atoms with van der Waals surface area (Å²) in [5, 5.41) is 0. The van der Waals surface area contributed by atoms with Crippen LogP contribution in [0.25, 0.3) is 0 Å². The van der Waals surface area contributed by atoms with E-state index in [1.54, 1.807) is 0 Å². The van der Waals surface area contributed by atoms with Gasteiger partial charge in [-0.25, -0.2) is 0 Å². The summed E-state index contributed by atoms with van der Waals surface area (Å²) in [6.45, 7) is 5.81. The van der Waals surface area contributed by atoms with Gasteiger partial charge in [-0.3, -0.25) is 0 Å². The number of hydrogen-bond acceptors (Lipinski definition) is 2. The van der Waals surface area contributed by atoms with Crippen LogP contribution in [0.2, 0.25) is 0 Å². The summed E-state index contributed by atoms with van der Waals surface area (Å²) in [6, 6.07) is 10.5. The van der Waals surface area contributed by atoms with E-state index in [2.05, 4.69) is 38.1 Å². The van der Waals surface area contributed by atoms with Gasteiger partial charge < -0.3 is 9.47 Å². The van der Waals surface area contributed by atoms with Crippen LogP contribution in [0.4, 0.5) is 0 Å². The van der Waals surface area contributed by atoms with Gasteiger partial charge in [0, 0.05) is 19.1 Å². The maximum absolute atomic E-state index is 5.90. The molecule has 0 radical (unpaired) electrons. The van der Waals surface area contributed by atoms with Gasteiger partial charge in [0.15, 0.2) is 0 Å². The Morgan fingerprint density at radius 2 is 2.12 bits per heavy atom. The van der Waals surface area contributed by atoms with Crippen LogP contribution >= 0.6 is 0 Å². The topological polar surface area (TPSA) is 18.5 Å². The Kier molecular flexibility index (Phi) is 3.97. The minimum Gasteiger partial charge on any atom is -0.378 e. The minimum atomic E-state index is 0.184. The molecule has 0 unspecified atom stereocenters. The summed E-state index contributed by atoms with van der Waals surface area (Å²) in [5.74, 6) is 0.488. The maximum Gasteiger partial charge on any atom is 0.0878 e. The van der Waals surface area contributed by atoms with Crippen molar-refractivity contribution in [2.75, 3.05) is 13.2 Å². The zero-order valence-electron chi connectivity index (χ0n) is 10.1. The minimum absolute atomic E-state index is 0.184. The highest BCUT2D eigenvalue weighted by Crippen LogP contribution is 2.35. The van der Waals surface area contributed by atoms with Crippen molar-refractivity contribution in [1.29, 1.82) is 0 Å². The molecule has 2 rings (SSSR count). The molecule has 1 aliphatic rings. The van der Waals surface area contributed by atoms with Crippen molar-refractivity contribution in [2.45, 2.75) is 32.5 Å². The second kappa shape index (κ2) is 5.46. The Morgan fingerprint density at radius 3 is 2.69 bits per heavy atom. The van der Waals surface area contributed by atoms with Crippen molar-refractivity contribution in [1.82, 2.24) is 0 Å². The molecule has 0 bridgehead atoms. The Labute approximate surface area is 97.6 Å². The van der Waals surface area contributed by atoms with Gasteiger partial charge in [-0.2, -0.15) is 0 Å². The van der Waals surface area contributed by atoms with Crippen LogP contribution < -0.4 is 0 Å². The molecule has 88 valence electrons. The largest absolute Gasteiger partial charge is 0.378 e. The van der Waals surface area contributed by atoms with Crippen molar-refractivity contribution in [3.63, 3.8) is 0 Å². The first-order valence-corrected chi connectivity index (χ1v) is 6.11. The van der Waals surface area contributed by atoms with Crippen molar-refractivity contribution in [2.24, 2.45) is 5.92 Å². The van der Waals surface area contributed by atoms with Gasteiger partial charge in [0.05, 0.1) is 12.2 Å². The molecule has 16 heavy (non-hydrogen) atoms. The third-order valence-corrected chi connectivity index (χ3v) is 3.30. The first-order chi connectivity index (χ1) is 7.83. The van der Waals surface area contributed by atoms with E-state index in [0.29, 0.717) is 12.0 Å². The van der Waals surface area contributed by atoms with Gasteiger partial charge in [-0.05, 0) is 25.8 Å². The van der Waals surface area contributed by atoms with E-state index in [1.807, 2.05) is 6.07 Å². The molecule has 1 aromatic carbocycles. The van der Waals surface area contributed by atoms with Crippen molar-refractivity contribution in [3.05, 3.63) is 35.9 Å². The first kappa shape index (κ1) is 11.6. The van der Waals surface area contributed by atoms with Gasteiger partial charge in [0.2, 0.25) is 0 Å². The average molecular weight is 220 g/mol. The smallest absolute Gasteiger partial charge is 0.0878 e. The summed E-state index contributed by atoms with van der Waals surface area (Å²) in [5.41, 5.74) is 1.27. The fourth-order valence-corrected chi connectivity index (χ4v) is 2.44. The van der Waals surface area contributed by atoms with E-state index in [0.717, 1.165) is 19.6 Å². The second-order valence-electron chi connectivity index (χ2n) is 4.32. The average Bonchev–Trinajstić information content (AvgIpc) is 2.73. The van der Waals surface area contributed by atoms with E-state index < -0.39 is 0 Å². The van der Waals surface area contributed by atoms with Crippen LogP contribution in [-0.2, 0) is 9.47 Å². The molecule has 0 amide bonds. The molecule has 2 heteroatoms. The highest BCUT2D eigenvalue weighted by Gasteiger charge is 2.33. The van der Waals surface area contributed by atoms with Crippen LogP contribution in [0.5, 0.6) is 0 Å². The number of hydrogen-bond donors (Lipinski definition) is 0. The lowest BCUT2D eigenvalue weighted by atomic mass is 9.90. The fourth-order valence-electron chi connectivity index (χ4n) is 2.44. The van der Waals surface area contributed by atoms with E-state index in [1.165, 1.54) is 5.56 Å². The van der Waals surface area contributed by atoms with Gasteiger partial charge in [-0.1, -0.05) is 30.3 Å². The summed E-state index contributed by atoms with van der Waals surface area (Å²) in [6.07, 6.45) is 1.58. The molecule has 0 saturated carbocycles. The Bertz CT molecular complexity index is 310. The number of rotatable bonds is 4. The van der Waals surface area contributed by atoms with Crippen LogP contribution in [-0.4, -0.2) is 19.3 Å². The zero-order valence-corrected chi connectivity index (χ0v) is 10.1. The molecule has 1 saturated heterocycles. The van der Waals surface area contributed by atoms with Gasteiger partial charge in [-0.15, -0.1) is 0 Å². The standard InChI is InChI=1S/C14H20O2/c1-3-15-14(12-7-5-4-6-8-12)13-9-10-16-11(13)2/h4-8,11,13-14H,3,9-10H2,1-2H3/t11-,13-,14+/m1/s1. The highest BCUT2D eigenvalue weighted by atomic mass is 16.5.